The van der Waals surface area contributed by atoms with Gasteiger partial charge in [0.05, 0.1) is 16.5 Å². The third-order valence-corrected chi connectivity index (χ3v) is 11.6. The fraction of sp³-hybridized carbons (Fsp3) is 0. The Hall–Kier alpha value is -8.41. The Morgan fingerprint density at radius 2 is 0.919 bits per heavy atom. The molecule has 290 valence electrons. The number of hydrogen-bond acceptors (Lipinski definition) is 4. The molecule has 0 radical (unpaired) electrons. The maximum atomic E-state index is 9.28. The van der Waals surface area contributed by atoms with Crippen LogP contribution in [0.1, 0.15) is 5.48 Å². The van der Waals surface area contributed by atoms with Gasteiger partial charge in [0, 0.05) is 49.5 Å². The van der Waals surface area contributed by atoms with E-state index in [0.717, 1.165) is 88.6 Å². The summed E-state index contributed by atoms with van der Waals surface area (Å²) < 4.78 is 44.1. The zero-order chi connectivity index (χ0) is 44.5. The molecule has 0 saturated heterocycles. The summed E-state index contributed by atoms with van der Waals surface area (Å²) in [6.45, 7) is 0. The van der Waals surface area contributed by atoms with Gasteiger partial charge in [-0.15, -0.1) is 0 Å². The smallest absolute Gasteiger partial charge is 0.164 e. The van der Waals surface area contributed by atoms with Crippen molar-refractivity contribution in [3.05, 3.63) is 218 Å². The van der Waals surface area contributed by atoms with Crippen molar-refractivity contribution >= 4 is 43.7 Å². The molecule has 0 amide bonds. The molecule has 62 heavy (non-hydrogen) atoms. The van der Waals surface area contributed by atoms with Crippen LogP contribution >= 0.6 is 0 Å². The van der Waals surface area contributed by atoms with Crippen LogP contribution < -0.4 is 0 Å². The van der Waals surface area contributed by atoms with Crippen molar-refractivity contribution in [1.29, 1.82) is 0 Å². The first-order valence-electron chi connectivity index (χ1n) is 22.5. The molecule has 0 aliphatic rings. The monoisotopic (exact) mass is 796 g/mol. The minimum atomic E-state index is -0.279. The lowest BCUT2D eigenvalue weighted by Gasteiger charge is -2.14. The van der Waals surface area contributed by atoms with Gasteiger partial charge < -0.3 is 8.98 Å². The first-order chi connectivity index (χ1) is 32.4. The van der Waals surface area contributed by atoms with Gasteiger partial charge in [0.2, 0.25) is 0 Å². The quantitative estimate of drug-likeness (QED) is 0.161. The molecule has 0 N–H and O–H groups in total. The van der Waals surface area contributed by atoms with Gasteiger partial charge >= 0.3 is 0 Å². The van der Waals surface area contributed by atoms with Crippen LogP contribution in [0.15, 0.2) is 223 Å². The van der Waals surface area contributed by atoms with Gasteiger partial charge in [0.25, 0.3) is 0 Å². The summed E-state index contributed by atoms with van der Waals surface area (Å²) in [5.41, 5.74) is 11.9. The summed E-state index contributed by atoms with van der Waals surface area (Å²) in [5, 5.41) is 3.30. The highest BCUT2D eigenvalue weighted by molar-refractivity contribution is 6.14. The molecule has 0 aliphatic carbocycles. The highest BCUT2D eigenvalue weighted by Gasteiger charge is 2.18. The van der Waals surface area contributed by atoms with E-state index in [4.69, 9.17) is 23.5 Å². The molecule has 3 aromatic heterocycles. The van der Waals surface area contributed by atoms with Gasteiger partial charge in [-0.05, 0) is 70.3 Å². The molecule has 5 nitrogen and oxygen atoms in total. The van der Waals surface area contributed by atoms with E-state index in [1.807, 2.05) is 126 Å². The van der Waals surface area contributed by atoms with Crippen LogP contribution in [-0.2, 0) is 0 Å². The summed E-state index contributed by atoms with van der Waals surface area (Å²) in [7, 11) is 0. The fourth-order valence-electron chi connectivity index (χ4n) is 8.61. The van der Waals surface area contributed by atoms with E-state index in [0.29, 0.717) is 28.4 Å². The third-order valence-electron chi connectivity index (χ3n) is 11.6. The lowest BCUT2D eigenvalue weighted by atomic mass is 9.98. The topological polar surface area (TPSA) is 56.7 Å². The number of fused-ring (bicyclic) bond motifs is 6. The molecule has 12 aromatic rings. The summed E-state index contributed by atoms with van der Waals surface area (Å²) >= 11 is 0. The predicted octanol–water partition coefficient (Wildman–Crippen LogP) is 14.9. The second-order valence-electron chi connectivity index (χ2n) is 15.3. The second kappa shape index (κ2) is 14.7. The zero-order valence-corrected chi connectivity index (χ0v) is 33.2. The molecule has 3 heterocycles. The van der Waals surface area contributed by atoms with Crippen molar-refractivity contribution in [2.45, 2.75) is 0 Å². The van der Waals surface area contributed by atoms with Gasteiger partial charge in [-0.3, -0.25) is 0 Å². The Balaban J connectivity index is 1.00. The second-order valence-corrected chi connectivity index (χ2v) is 15.3. The highest BCUT2D eigenvalue weighted by Crippen LogP contribution is 2.40. The van der Waals surface area contributed by atoms with Crippen LogP contribution in [-0.4, -0.2) is 19.5 Å². The van der Waals surface area contributed by atoms with Crippen molar-refractivity contribution in [3.8, 4) is 73.2 Å². The zero-order valence-electron chi connectivity index (χ0n) is 37.2. The Kier molecular flexibility index (Phi) is 7.47. The van der Waals surface area contributed by atoms with E-state index in [9.17, 15) is 1.37 Å². The van der Waals surface area contributed by atoms with Gasteiger partial charge in [0.15, 0.2) is 17.5 Å². The highest BCUT2D eigenvalue weighted by atomic mass is 16.3. The first-order valence-corrected chi connectivity index (χ1v) is 20.5. The Morgan fingerprint density at radius 3 is 1.73 bits per heavy atom. The van der Waals surface area contributed by atoms with Crippen molar-refractivity contribution in [3.63, 3.8) is 0 Å². The average Bonchev–Trinajstić information content (AvgIpc) is 3.94. The molecule has 12 rings (SSSR count). The first kappa shape index (κ1) is 31.5. The largest absolute Gasteiger partial charge is 0.456 e. The Labute approximate surface area is 363 Å². The molecule has 5 heteroatoms. The number of para-hydroxylation sites is 3. The van der Waals surface area contributed by atoms with E-state index < -0.39 is 0 Å². The van der Waals surface area contributed by atoms with Gasteiger partial charge in [-0.2, -0.15) is 0 Å². The third kappa shape index (κ3) is 6.14. The van der Waals surface area contributed by atoms with Gasteiger partial charge in [-0.1, -0.05) is 176 Å². The number of hydrogen-bond donors (Lipinski definition) is 0. The van der Waals surface area contributed by atoms with Crippen LogP contribution in [0.3, 0.4) is 0 Å². The lowest BCUT2D eigenvalue weighted by molar-refractivity contribution is 0.669. The minimum Gasteiger partial charge on any atom is -0.456 e. The molecule has 0 saturated carbocycles. The molecule has 0 fully saturated rings. The molecular weight excluding hydrogens is 757 g/mol. The maximum Gasteiger partial charge on any atom is 0.164 e. The van der Waals surface area contributed by atoms with E-state index >= 15 is 0 Å². The number of nitrogens with zero attached hydrogens (tertiary/aromatic N) is 4. The van der Waals surface area contributed by atoms with Crippen LogP contribution in [0.4, 0.5) is 0 Å². The normalized spacial score (nSPS) is 12.5. The van der Waals surface area contributed by atoms with Crippen LogP contribution in [0.5, 0.6) is 0 Å². The molecule has 0 spiro atoms. The Morgan fingerprint density at radius 1 is 0.371 bits per heavy atom. The molecule has 9 aromatic carbocycles. The molecule has 0 bridgehead atoms. The molecular formula is C57H36N4O. The average molecular weight is 797 g/mol. The predicted molar refractivity (Wildman–Crippen MR) is 254 cm³/mol. The van der Waals surface area contributed by atoms with E-state index in [-0.39, 0.29) is 24.2 Å². The van der Waals surface area contributed by atoms with Crippen LogP contribution in [0.25, 0.3) is 117 Å². The lowest BCUT2D eigenvalue weighted by Crippen LogP contribution is -2.00. The number of benzene rings is 9. The van der Waals surface area contributed by atoms with E-state index in [1.165, 1.54) is 0 Å². The van der Waals surface area contributed by atoms with Crippen molar-refractivity contribution < 1.29 is 9.90 Å². The fourth-order valence-corrected chi connectivity index (χ4v) is 8.61. The number of furan rings is 1. The number of rotatable bonds is 7. The maximum absolute atomic E-state index is 9.28. The van der Waals surface area contributed by atoms with E-state index in [2.05, 4.69) is 72.8 Å². The Bertz CT molecular complexity index is 3870. The van der Waals surface area contributed by atoms with Crippen LogP contribution in [0, 0.1) is 0 Å². The standard InChI is InChI=1S/C57H36N4O/c1-3-14-37(15-4-1)38-28-30-39(31-29-38)46-24-13-25-50-47-22-7-9-26-51(47)61(54(46)50)45-21-12-19-42(35-45)41-18-11-20-43(34-41)56-58-55(40-16-5-2-6-17-40)59-57(60-56)44-32-33-49-48-23-8-10-27-52(48)62-53(49)36-44/h1-36H/i7D,9D,22D,26D. The van der Waals surface area contributed by atoms with Gasteiger partial charge in [-0.25, -0.2) is 15.0 Å². The summed E-state index contributed by atoms with van der Waals surface area (Å²) in [6.07, 6.45) is 0. The summed E-state index contributed by atoms with van der Waals surface area (Å²) in [5.74, 6) is 1.59. The van der Waals surface area contributed by atoms with E-state index in [1.54, 1.807) is 0 Å². The van der Waals surface area contributed by atoms with Crippen molar-refractivity contribution in [2.24, 2.45) is 0 Å². The summed E-state index contributed by atoms with van der Waals surface area (Å²) in [6, 6.07) is 64.1. The van der Waals surface area contributed by atoms with Crippen LogP contribution in [0.2, 0.25) is 0 Å². The molecule has 0 unspecified atom stereocenters. The SMILES string of the molecule is [2H]c1c([2H])c([2H])c2c(c1[2H])c1cccc(-c3ccc(-c4ccccc4)cc3)c1n2-c1cccc(-c2cccc(-c3nc(-c4ccccc4)nc(-c4ccc5c(c4)oc4ccccc45)n3)c2)c1. The minimum absolute atomic E-state index is 0.0701. The van der Waals surface area contributed by atoms with Gasteiger partial charge in [0.1, 0.15) is 11.2 Å². The summed E-state index contributed by atoms with van der Waals surface area (Å²) in [4.78, 5) is 15.1. The van der Waals surface area contributed by atoms with Crippen molar-refractivity contribution in [2.75, 3.05) is 0 Å². The van der Waals surface area contributed by atoms with Crippen molar-refractivity contribution in [1.82, 2.24) is 19.5 Å². The molecule has 0 atom stereocenters. The molecule has 0 aliphatic heterocycles. The number of aromatic nitrogens is 4.